The number of ether oxygens (including phenoxy) is 1. The topological polar surface area (TPSA) is 79.8 Å². The van der Waals surface area contributed by atoms with Gasteiger partial charge in [0.2, 0.25) is 0 Å². The van der Waals surface area contributed by atoms with Crippen LogP contribution in [-0.4, -0.2) is 31.7 Å². The Hall–Kier alpha value is -1.94. The zero-order chi connectivity index (χ0) is 18.2. The van der Waals surface area contributed by atoms with Gasteiger partial charge in [-0.05, 0) is 52.9 Å². The summed E-state index contributed by atoms with van der Waals surface area (Å²) in [5.41, 5.74) is 3.60. The van der Waals surface area contributed by atoms with Gasteiger partial charge < -0.3 is 10.1 Å². The van der Waals surface area contributed by atoms with Gasteiger partial charge in [0.25, 0.3) is 11.8 Å². The molecule has 2 aromatic rings. The number of hydrazone groups is 1. The third-order valence-corrected chi connectivity index (χ3v) is 4.55. The molecule has 0 atom stereocenters. The van der Waals surface area contributed by atoms with Gasteiger partial charge in [-0.3, -0.25) is 9.59 Å². The van der Waals surface area contributed by atoms with Crippen molar-refractivity contribution in [1.29, 1.82) is 0 Å². The molecule has 2 amide bonds. The first-order valence-electron chi connectivity index (χ1n) is 7.19. The Labute approximate surface area is 167 Å². The number of nitrogens with one attached hydrogen (secondary N) is 2. The van der Waals surface area contributed by atoms with Crippen molar-refractivity contribution in [3.05, 3.63) is 61.6 Å². The molecule has 6 nitrogen and oxygen atoms in total. The molecule has 0 spiro atoms. The molecule has 0 unspecified atom stereocenters. The SMILES string of the molecule is COc1ccc(Br)cc1/C=N/NC(=O)CNC(=O)c1ccccc1I. The summed E-state index contributed by atoms with van der Waals surface area (Å²) in [5.74, 6) is -0.101. The molecule has 0 aliphatic heterocycles. The van der Waals surface area contributed by atoms with Crippen LogP contribution in [-0.2, 0) is 4.79 Å². The van der Waals surface area contributed by atoms with E-state index in [1.165, 1.54) is 6.21 Å². The van der Waals surface area contributed by atoms with Gasteiger partial charge in [-0.1, -0.05) is 28.1 Å². The van der Waals surface area contributed by atoms with Crippen LogP contribution in [0, 0.1) is 3.57 Å². The minimum Gasteiger partial charge on any atom is -0.496 e. The maximum absolute atomic E-state index is 12.0. The average Bonchev–Trinajstić information content (AvgIpc) is 2.60. The zero-order valence-electron chi connectivity index (χ0n) is 13.3. The number of rotatable bonds is 6. The summed E-state index contributed by atoms with van der Waals surface area (Å²) in [6.07, 6.45) is 1.48. The molecule has 0 saturated heterocycles. The van der Waals surface area contributed by atoms with Gasteiger partial charge in [0, 0.05) is 13.6 Å². The minimum absolute atomic E-state index is 0.170. The zero-order valence-corrected chi connectivity index (χ0v) is 17.0. The Morgan fingerprint density at radius 3 is 2.76 bits per heavy atom. The van der Waals surface area contributed by atoms with Crippen molar-refractivity contribution < 1.29 is 14.3 Å². The molecule has 0 radical (unpaired) electrons. The van der Waals surface area contributed by atoms with Gasteiger partial charge >= 0.3 is 0 Å². The largest absolute Gasteiger partial charge is 0.496 e. The molecule has 0 aliphatic rings. The Balaban J connectivity index is 1.88. The third-order valence-electron chi connectivity index (χ3n) is 3.11. The van der Waals surface area contributed by atoms with Crippen LogP contribution >= 0.6 is 38.5 Å². The van der Waals surface area contributed by atoms with Gasteiger partial charge in [0.15, 0.2) is 0 Å². The molecule has 0 bridgehead atoms. The van der Waals surface area contributed by atoms with E-state index >= 15 is 0 Å². The Bertz CT molecular complexity index is 811. The van der Waals surface area contributed by atoms with Crippen molar-refractivity contribution in [2.45, 2.75) is 0 Å². The first kappa shape index (κ1) is 19.4. The van der Waals surface area contributed by atoms with E-state index in [9.17, 15) is 9.59 Å². The molecular weight excluding hydrogens is 501 g/mol. The predicted molar refractivity (Wildman–Crippen MR) is 108 cm³/mol. The second kappa shape index (κ2) is 9.52. The summed E-state index contributed by atoms with van der Waals surface area (Å²) >= 11 is 5.43. The molecule has 25 heavy (non-hydrogen) atoms. The van der Waals surface area contributed by atoms with Gasteiger partial charge in [-0.2, -0.15) is 5.10 Å². The number of benzene rings is 2. The summed E-state index contributed by atoms with van der Waals surface area (Å²) < 4.78 is 6.90. The lowest BCUT2D eigenvalue weighted by Gasteiger charge is -2.06. The van der Waals surface area contributed by atoms with E-state index in [0.29, 0.717) is 16.9 Å². The summed E-state index contributed by atoms with van der Waals surface area (Å²) in [6.45, 7) is -0.170. The van der Waals surface area contributed by atoms with E-state index in [0.717, 1.165) is 8.04 Å². The Kier molecular flexibility index (Phi) is 7.38. The van der Waals surface area contributed by atoms with Gasteiger partial charge in [-0.25, -0.2) is 5.43 Å². The standard InChI is InChI=1S/C17H15BrIN3O3/c1-25-15-7-6-12(18)8-11(15)9-21-22-16(23)10-20-17(24)13-4-2-3-5-14(13)19/h2-9H,10H2,1H3,(H,20,24)(H,22,23)/b21-9+. The second-order valence-electron chi connectivity index (χ2n) is 4.84. The lowest BCUT2D eigenvalue weighted by molar-refractivity contribution is -0.120. The molecule has 0 saturated carbocycles. The van der Waals surface area contributed by atoms with Crippen molar-refractivity contribution in [2.75, 3.05) is 13.7 Å². The Morgan fingerprint density at radius 1 is 1.28 bits per heavy atom. The fourth-order valence-electron chi connectivity index (χ4n) is 1.92. The number of nitrogens with zero attached hydrogens (tertiary/aromatic N) is 1. The summed E-state index contributed by atoms with van der Waals surface area (Å²) in [5, 5.41) is 6.44. The number of halogens is 2. The molecular formula is C17H15BrIN3O3. The monoisotopic (exact) mass is 515 g/mol. The van der Waals surface area contributed by atoms with Gasteiger partial charge in [0.05, 0.1) is 25.4 Å². The summed E-state index contributed by atoms with van der Waals surface area (Å²) in [7, 11) is 1.56. The fourth-order valence-corrected chi connectivity index (χ4v) is 2.93. The minimum atomic E-state index is -0.426. The van der Waals surface area contributed by atoms with Crippen LogP contribution in [0.25, 0.3) is 0 Å². The smallest absolute Gasteiger partial charge is 0.259 e. The number of carbonyl (C=O) groups excluding carboxylic acids is 2. The molecule has 0 aromatic heterocycles. The van der Waals surface area contributed by atoms with Crippen molar-refractivity contribution in [3.8, 4) is 5.75 Å². The number of amides is 2. The quantitative estimate of drug-likeness (QED) is 0.352. The van der Waals surface area contributed by atoms with E-state index in [1.54, 1.807) is 25.3 Å². The highest BCUT2D eigenvalue weighted by molar-refractivity contribution is 14.1. The number of carbonyl (C=O) groups is 2. The fraction of sp³-hybridized carbons (Fsp3) is 0.118. The van der Waals surface area contributed by atoms with E-state index in [4.69, 9.17) is 4.74 Å². The highest BCUT2D eigenvalue weighted by atomic mass is 127. The molecule has 8 heteroatoms. The van der Waals surface area contributed by atoms with Gasteiger partial charge in [0.1, 0.15) is 5.75 Å². The van der Waals surface area contributed by atoms with Crippen LogP contribution in [0.5, 0.6) is 5.75 Å². The summed E-state index contributed by atoms with van der Waals surface area (Å²) in [4.78, 5) is 23.8. The van der Waals surface area contributed by atoms with Crippen LogP contribution in [0.1, 0.15) is 15.9 Å². The van der Waals surface area contributed by atoms with Crippen LogP contribution in [0.4, 0.5) is 0 Å². The van der Waals surface area contributed by atoms with E-state index in [1.807, 2.05) is 24.3 Å². The molecule has 130 valence electrons. The van der Waals surface area contributed by atoms with Crippen LogP contribution in [0.3, 0.4) is 0 Å². The molecule has 2 N–H and O–H groups in total. The van der Waals surface area contributed by atoms with Crippen molar-refractivity contribution >= 4 is 56.5 Å². The molecule has 2 rings (SSSR count). The van der Waals surface area contributed by atoms with E-state index < -0.39 is 5.91 Å². The lowest BCUT2D eigenvalue weighted by atomic mass is 10.2. The van der Waals surface area contributed by atoms with Gasteiger partial charge in [-0.15, -0.1) is 0 Å². The van der Waals surface area contributed by atoms with Crippen molar-refractivity contribution in [1.82, 2.24) is 10.7 Å². The molecule has 0 aliphatic carbocycles. The summed E-state index contributed by atoms with van der Waals surface area (Å²) in [6, 6.07) is 12.6. The molecule has 0 heterocycles. The second-order valence-corrected chi connectivity index (χ2v) is 6.92. The molecule has 2 aromatic carbocycles. The maximum Gasteiger partial charge on any atom is 0.259 e. The first-order valence-corrected chi connectivity index (χ1v) is 9.06. The van der Waals surface area contributed by atoms with Crippen molar-refractivity contribution in [3.63, 3.8) is 0 Å². The number of hydrogen-bond acceptors (Lipinski definition) is 4. The highest BCUT2D eigenvalue weighted by Gasteiger charge is 2.10. The Morgan fingerprint density at radius 2 is 2.04 bits per heavy atom. The lowest BCUT2D eigenvalue weighted by Crippen LogP contribution is -2.35. The predicted octanol–water partition coefficient (Wildman–Crippen LogP) is 2.94. The third kappa shape index (κ3) is 5.82. The van der Waals surface area contributed by atoms with Crippen LogP contribution in [0.15, 0.2) is 52.0 Å². The van der Waals surface area contributed by atoms with E-state index in [2.05, 4.69) is 54.4 Å². The number of methoxy groups -OCH3 is 1. The van der Waals surface area contributed by atoms with Crippen LogP contribution < -0.4 is 15.5 Å². The van der Waals surface area contributed by atoms with Crippen LogP contribution in [0.2, 0.25) is 0 Å². The first-order chi connectivity index (χ1) is 12.0. The maximum atomic E-state index is 12.0. The highest BCUT2D eigenvalue weighted by Crippen LogP contribution is 2.21. The van der Waals surface area contributed by atoms with Crippen molar-refractivity contribution in [2.24, 2.45) is 5.10 Å². The normalized spacial score (nSPS) is 10.5. The van der Waals surface area contributed by atoms with E-state index in [-0.39, 0.29) is 12.5 Å². The molecule has 0 fully saturated rings. The average molecular weight is 516 g/mol. The number of hydrogen-bond donors (Lipinski definition) is 2.